The second kappa shape index (κ2) is 8.98. The van der Waals surface area contributed by atoms with Crippen LogP contribution in [0, 0.1) is 0 Å². The van der Waals surface area contributed by atoms with Crippen LogP contribution in [-0.4, -0.2) is 36.2 Å². The molecule has 1 N–H and O–H groups in total. The molecule has 2 aromatic carbocycles. The lowest BCUT2D eigenvalue weighted by Crippen LogP contribution is -2.35. The lowest BCUT2D eigenvalue weighted by atomic mass is 10.0. The van der Waals surface area contributed by atoms with Crippen molar-refractivity contribution in [1.82, 2.24) is 10.3 Å². The number of nitrogens with one attached hydrogen (secondary N) is 1. The number of amides is 2. The molecule has 0 aliphatic carbocycles. The Kier molecular flexibility index (Phi) is 6.20. The van der Waals surface area contributed by atoms with E-state index in [1.807, 2.05) is 54.6 Å². The Balaban J connectivity index is 1.56. The molecule has 2 aromatic rings. The number of benzene rings is 2. The van der Waals surface area contributed by atoms with Crippen LogP contribution in [0.1, 0.15) is 30.4 Å². The number of rotatable bonds is 7. The van der Waals surface area contributed by atoms with Crippen molar-refractivity contribution < 1.29 is 14.3 Å². The third kappa shape index (κ3) is 5.17. The number of ether oxygens (including phenoxy) is 1. The summed E-state index contributed by atoms with van der Waals surface area (Å²) >= 11 is 0. The SMILES string of the molecule is COc1ccc(C2=NN(CCC(=O)NCc3ccccc3)C(=O)CC2)cc1. The van der Waals surface area contributed by atoms with Crippen molar-refractivity contribution in [3.63, 3.8) is 0 Å². The van der Waals surface area contributed by atoms with Gasteiger partial charge in [-0.3, -0.25) is 9.59 Å². The van der Waals surface area contributed by atoms with Gasteiger partial charge in [-0.25, -0.2) is 5.01 Å². The quantitative estimate of drug-likeness (QED) is 0.820. The van der Waals surface area contributed by atoms with Crippen LogP contribution in [0.2, 0.25) is 0 Å². The minimum Gasteiger partial charge on any atom is -0.497 e. The molecule has 3 rings (SSSR count). The summed E-state index contributed by atoms with van der Waals surface area (Å²) in [6, 6.07) is 17.3. The first-order valence-corrected chi connectivity index (χ1v) is 8.98. The van der Waals surface area contributed by atoms with E-state index < -0.39 is 0 Å². The molecule has 0 saturated heterocycles. The molecule has 1 heterocycles. The zero-order valence-electron chi connectivity index (χ0n) is 15.4. The maximum atomic E-state index is 12.1. The predicted molar refractivity (Wildman–Crippen MR) is 103 cm³/mol. The van der Waals surface area contributed by atoms with Gasteiger partial charge in [0.2, 0.25) is 11.8 Å². The van der Waals surface area contributed by atoms with Crippen molar-refractivity contribution in [2.24, 2.45) is 5.10 Å². The smallest absolute Gasteiger partial charge is 0.243 e. The van der Waals surface area contributed by atoms with Crippen molar-refractivity contribution in [3.8, 4) is 5.75 Å². The van der Waals surface area contributed by atoms with Crippen LogP contribution in [0.3, 0.4) is 0 Å². The molecule has 0 aromatic heterocycles. The fraction of sp³-hybridized carbons (Fsp3) is 0.286. The van der Waals surface area contributed by atoms with Crippen molar-refractivity contribution in [2.45, 2.75) is 25.8 Å². The van der Waals surface area contributed by atoms with E-state index in [1.54, 1.807) is 7.11 Å². The monoisotopic (exact) mass is 365 g/mol. The summed E-state index contributed by atoms with van der Waals surface area (Å²) in [6.07, 6.45) is 1.22. The van der Waals surface area contributed by atoms with E-state index in [0.29, 0.717) is 19.4 Å². The molecule has 0 bridgehead atoms. The van der Waals surface area contributed by atoms with Crippen LogP contribution in [0.4, 0.5) is 0 Å². The van der Waals surface area contributed by atoms with E-state index in [9.17, 15) is 9.59 Å². The highest BCUT2D eigenvalue weighted by Crippen LogP contribution is 2.18. The molecular formula is C21H23N3O3. The lowest BCUT2D eigenvalue weighted by Gasteiger charge is -2.23. The van der Waals surface area contributed by atoms with Gasteiger partial charge in [-0.05, 0) is 35.4 Å². The van der Waals surface area contributed by atoms with E-state index in [1.165, 1.54) is 5.01 Å². The number of nitrogens with zero attached hydrogens (tertiary/aromatic N) is 2. The van der Waals surface area contributed by atoms with Gasteiger partial charge in [0.25, 0.3) is 0 Å². The van der Waals surface area contributed by atoms with Gasteiger partial charge in [-0.15, -0.1) is 0 Å². The first kappa shape index (κ1) is 18.6. The molecule has 1 aliphatic rings. The lowest BCUT2D eigenvalue weighted by molar-refractivity contribution is -0.132. The highest BCUT2D eigenvalue weighted by molar-refractivity contribution is 6.04. The standard InChI is InChI=1S/C21H23N3O3/c1-27-18-9-7-17(8-10-18)19-11-12-21(26)24(23-19)14-13-20(25)22-15-16-5-3-2-4-6-16/h2-10H,11-15H2,1H3,(H,22,25). The molecule has 0 atom stereocenters. The summed E-state index contributed by atoms with van der Waals surface area (Å²) in [5.74, 6) is 0.625. The van der Waals surface area contributed by atoms with E-state index >= 15 is 0 Å². The molecule has 6 nitrogen and oxygen atoms in total. The van der Waals surface area contributed by atoms with Gasteiger partial charge in [0.1, 0.15) is 5.75 Å². The molecule has 0 unspecified atom stereocenters. The molecule has 140 valence electrons. The van der Waals surface area contributed by atoms with Crippen LogP contribution in [0.25, 0.3) is 0 Å². The van der Waals surface area contributed by atoms with Crippen molar-refractivity contribution >= 4 is 17.5 Å². The minimum absolute atomic E-state index is 0.0527. The molecule has 0 spiro atoms. The van der Waals surface area contributed by atoms with Crippen LogP contribution in [0.5, 0.6) is 5.75 Å². The van der Waals surface area contributed by atoms with E-state index in [0.717, 1.165) is 22.6 Å². The van der Waals surface area contributed by atoms with Crippen molar-refractivity contribution in [1.29, 1.82) is 0 Å². The zero-order chi connectivity index (χ0) is 19.1. The maximum Gasteiger partial charge on any atom is 0.243 e. The molecular weight excluding hydrogens is 342 g/mol. The summed E-state index contributed by atoms with van der Waals surface area (Å²) in [4.78, 5) is 24.2. The number of carbonyl (C=O) groups excluding carboxylic acids is 2. The maximum absolute atomic E-state index is 12.1. The number of carbonyl (C=O) groups is 2. The highest BCUT2D eigenvalue weighted by Gasteiger charge is 2.21. The Bertz CT molecular complexity index is 816. The van der Waals surface area contributed by atoms with Gasteiger partial charge >= 0.3 is 0 Å². The topological polar surface area (TPSA) is 71.0 Å². The summed E-state index contributed by atoms with van der Waals surface area (Å²) < 4.78 is 5.17. The Morgan fingerprint density at radius 2 is 1.85 bits per heavy atom. The average molecular weight is 365 g/mol. The van der Waals surface area contributed by atoms with E-state index in [4.69, 9.17) is 4.74 Å². The Labute approximate surface area is 158 Å². The van der Waals surface area contributed by atoms with E-state index in [2.05, 4.69) is 10.4 Å². The van der Waals surface area contributed by atoms with Crippen molar-refractivity contribution in [3.05, 3.63) is 65.7 Å². The van der Waals surface area contributed by atoms with Gasteiger partial charge in [-0.1, -0.05) is 30.3 Å². The fourth-order valence-electron chi connectivity index (χ4n) is 2.86. The van der Waals surface area contributed by atoms with Crippen molar-refractivity contribution in [2.75, 3.05) is 13.7 Å². The van der Waals surface area contributed by atoms with Crippen LogP contribution >= 0.6 is 0 Å². The van der Waals surface area contributed by atoms with Gasteiger partial charge in [0.15, 0.2) is 0 Å². The molecule has 27 heavy (non-hydrogen) atoms. The second-order valence-corrected chi connectivity index (χ2v) is 6.30. The zero-order valence-corrected chi connectivity index (χ0v) is 15.4. The van der Waals surface area contributed by atoms with Crippen LogP contribution in [0.15, 0.2) is 59.7 Å². The summed E-state index contributed by atoms with van der Waals surface area (Å²) in [7, 11) is 1.62. The van der Waals surface area contributed by atoms with Crippen LogP contribution in [-0.2, 0) is 16.1 Å². The fourth-order valence-corrected chi connectivity index (χ4v) is 2.86. The molecule has 2 amide bonds. The molecule has 1 aliphatic heterocycles. The average Bonchev–Trinajstić information content (AvgIpc) is 2.72. The minimum atomic E-state index is -0.0987. The van der Waals surface area contributed by atoms with Gasteiger partial charge < -0.3 is 10.1 Å². The Hall–Kier alpha value is -3.15. The number of methoxy groups -OCH3 is 1. The number of hydrogen-bond donors (Lipinski definition) is 1. The summed E-state index contributed by atoms with van der Waals surface area (Å²) in [5.41, 5.74) is 2.85. The first-order chi connectivity index (χ1) is 13.2. The number of hydrazone groups is 1. The largest absolute Gasteiger partial charge is 0.497 e. The third-order valence-electron chi connectivity index (χ3n) is 4.41. The van der Waals surface area contributed by atoms with Gasteiger partial charge in [-0.2, -0.15) is 5.10 Å². The molecule has 6 heteroatoms. The van der Waals surface area contributed by atoms with Crippen LogP contribution < -0.4 is 10.1 Å². The summed E-state index contributed by atoms with van der Waals surface area (Å²) in [5, 5.41) is 8.74. The Morgan fingerprint density at radius 3 is 2.56 bits per heavy atom. The first-order valence-electron chi connectivity index (χ1n) is 8.98. The molecule has 0 radical (unpaired) electrons. The normalized spacial score (nSPS) is 13.9. The predicted octanol–water partition coefficient (Wildman–Crippen LogP) is 2.73. The summed E-state index contributed by atoms with van der Waals surface area (Å²) in [6.45, 7) is 0.757. The number of hydrogen-bond acceptors (Lipinski definition) is 4. The third-order valence-corrected chi connectivity index (χ3v) is 4.41. The molecule has 0 fully saturated rings. The Morgan fingerprint density at radius 1 is 1.11 bits per heavy atom. The highest BCUT2D eigenvalue weighted by atomic mass is 16.5. The molecule has 0 saturated carbocycles. The van der Waals surface area contributed by atoms with Gasteiger partial charge in [0, 0.05) is 25.8 Å². The second-order valence-electron chi connectivity index (χ2n) is 6.30. The van der Waals surface area contributed by atoms with E-state index in [-0.39, 0.29) is 24.8 Å². The van der Waals surface area contributed by atoms with Gasteiger partial charge in [0.05, 0.1) is 19.4 Å².